The number of carbonyl (C=O) groups is 1. The molecule has 4 rings (SSSR count). The number of nitriles is 1. The molecule has 0 bridgehead atoms. The van der Waals surface area contributed by atoms with Crippen LogP contribution in [0.4, 0.5) is 0 Å². The van der Waals surface area contributed by atoms with Gasteiger partial charge in [-0.25, -0.2) is 4.79 Å². The van der Waals surface area contributed by atoms with Crippen molar-refractivity contribution in [1.29, 1.82) is 5.26 Å². The summed E-state index contributed by atoms with van der Waals surface area (Å²) in [5.41, 5.74) is 3.07. The van der Waals surface area contributed by atoms with Crippen LogP contribution in [0, 0.1) is 11.3 Å². The molecule has 0 unspecified atom stereocenters. The first kappa shape index (κ1) is 19.6. The molecule has 0 saturated heterocycles. The molecule has 5 heteroatoms. The third-order valence-corrected chi connectivity index (χ3v) is 6.75. The Kier molecular flexibility index (Phi) is 6.21. The van der Waals surface area contributed by atoms with Crippen molar-refractivity contribution >= 4 is 28.7 Å². The summed E-state index contributed by atoms with van der Waals surface area (Å²) in [6.45, 7) is 0.150. The van der Waals surface area contributed by atoms with Crippen LogP contribution in [-0.4, -0.2) is 11.2 Å². The third-order valence-electron chi connectivity index (χ3n) is 5.35. The Morgan fingerprint density at radius 3 is 2.62 bits per heavy atom. The van der Waals surface area contributed by atoms with Crippen LogP contribution in [0.5, 0.6) is 0 Å². The lowest BCUT2D eigenvalue weighted by Crippen LogP contribution is -2.10. The highest BCUT2D eigenvalue weighted by Crippen LogP contribution is 2.35. The number of carbonyl (C=O) groups excluding carboxylic acids is 1. The van der Waals surface area contributed by atoms with Crippen LogP contribution < -0.4 is 0 Å². The normalized spacial score (nSPS) is 14.6. The summed E-state index contributed by atoms with van der Waals surface area (Å²) in [4.78, 5) is 12.8. The fourth-order valence-corrected chi connectivity index (χ4v) is 5.09. The summed E-state index contributed by atoms with van der Waals surface area (Å²) < 4.78 is 11.4. The van der Waals surface area contributed by atoms with Crippen LogP contribution >= 0.6 is 11.8 Å². The van der Waals surface area contributed by atoms with Crippen molar-refractivity contribution in [2.75, 3.05) is 0 Å². The second-order valence-electron chi connectivity index (χ2n) is 7.36. The largest absolute Gasteiger partial charge is 0.455 e. The summed E-state index contributed by atoms with van der Waals surface area (Å²) in [6.07, 6.45) is 6.42. The number of hydrogen-bond donors (Lipinski definition) is 0. The Balaban J connectivity index is 1.50. The quantitative estimate of drug-likeness (QED) is 0.455. The fraction of sp³-hybridized carbons (Fsp3) is 0.333. The van der Waals surface area contributed by atoms with E-state index in [-0.39, 0.29) is 6.61 Å². The lowest BCUT2D eigenvalue weighted by molar-refractivity contribution is 0.0437. The first-order valence-electron chi connectivity index (χ1n) is 10.0. The van der Waals surface area contributed by atoms with E-state index in [9.17, 15) is 4.79 Å². The van der Waals surface area contributed by atoms with Crippen LogP contribution in [0.15, 0.2) is 52.9 Å². The number of ether oxygens (including phenoxy) is 1. The molecular formula is C24H23NO3S. The molecule has 0 atom stereocenters. The molecule has 3 aromatic rings. The lowest BCUT2D eigenvalue weighted by atomic mass is 10.0. The van der Waals surface area contributed by atoms with Gasteiger partial charge in [-0.2, -0.15) is 17.0 Å². The Morgan fingerprint density at radius 1 is 1.10 bits per heavy atom. The fourth-order valence-electron chi connectivity index (χ4n) is 3.73. The predicted octanol–water partition coefficient (Wildman–Crippen LogP) is 6.23. The molecule has 0 aliphatic heterocycles. The molecule has 0 N–H and O–H groups in total. The Labute approximate surface area is 174 Å². The first-order chi connectivity index (χ1) is 14.2. The Bertz CT molecular complexity index is 1030. The average molecular weight is 406 g/mol. The maximum absolute atomic E-state index is 12.8. The van der Waals surface area contributed by atoms with Gasteiger partial charge in [0.1, 0.15) is 12.2 Å². The van der Waals surface area contributed by atoms with Gasteiger partial charge in [-0.05, 0) is 36.6 Å². The zero-order chi connectivity index (χ0) is 20.1. The van der Waals surface area contributed by atoms with Gasteiger partial charge in [-0.15, -0.1) is 0 Å². The van der Waals surface area contributed by atoms with E-state index in [1.54, 1.807) is 24.3 Å². The van der Waals surface area contributed by atoms with Gasteiger partial charge in [0.25, 0.3) is 0 Å². The van der Waals surface area contributed by atoms with Gasteiger partial charge in [0.2, 0.25) is 5.76 Å². The molecule has 1 aromatic heterocycles. The molecule has 1 aliphatic carbocycles. The minimum absolute atomic E-state index is 0.150. The van der Waals surface area contributed by atoms with Crippen molar-refractivity contribution in [3.05, 3.63) is 71.0 Å². The highest BCUT2D eigenvalue weighted by Gasteiger charge is 2.23. The van der Waals surface area contributed by atoms with Crippen LogP contribution in [-0.2, 0) is 17.1 Å². The van der Waals surface area contributed by atoms with E-state index < -0.39 is 5.97 Å². The second-order valence-corrected chi connectivity index (χ2v) is 8.65. The molecule has 4 nitrogen and oxygen atoms in total. The number of benzene rings is 2. The number of esters is 1. The van der Waals surface area contributed by atoms with E-state index in [1.807, 2.05) is 36.0 Å². The zero-order valence-electron chi connectivity index (χ0n) is 16.2. The number of furan rings is 1. The molecule has 2 aromatic carbocycles. The number of thioether (sulfide) groups is 1. The van der Waals surface area contributed by atoms with Crippen molar-refractivity contribution in [2.24, 2.45) is 0 Å². The van der Waals surface area contributed by atoms with Crippen molar-refractivity contribution in [3.63, 3.8) is 0 Å². The average Bonchev–Trinajstić information content (AvgIpc) is 3.16. The van der Waals surface area contributed by atoms with E-state index in [1.165, 1.54) is 32.1 Å². The maximum atomic E-state index is 12.8. The number of fused-ring (bicyclic) bond motifs is 1. The molecule has 1 saturated carbocycles. The summed E-state index contributed by atoms with van der Waals surface area (Å²) in [5, 5.41) is 10.5. The van der Waals surface area contributed by atoms with Crippen LogP contribution in [0.2, 0.25) is 0 Å². The van der Waals surface area contributed by atoms with Crippen LogP contribution in [0.1, 0.15) is 59.3 Å². The lowest BCUT2D eigenvalue weighted by Gasteiger charge is -2.20. The molecule has 0 spiro atoms. The van der Waals surface area contributed by atoms with Gasteiger partial charge in [0.15, 0.2) is 0 Å². The topological polar surface area (TPSA) is 63.2 Å². The standard InChI is InChI=1S/C24H23NO3S/c25-14-17-10-12-18(13-11-17)15-27-24(26)23-21(16-29-19-6-2-1-3-7-19)20-8-4-5-9-22(20)28-23/h4-5,8-13,19H,1-3,6-7,15-16H2. The second kappa shape index (κ2) is 9.19. The number of hydrogen-bond acceptors (Lipinski definition) is 5. The smallest absolute Gasteiger partial charge is 0.374 e. The molecule has 148 valence electrons. The van der Waals surface area contributed by atoms with E-state index >= 15 is 0 Å². The summed E-state index contributed by atoms with van der Waals surface area (Å²) in [7, 11) is 0. The zero-order valence-corrected chi connectivity index (χ0v) is 17.0. The Hall–Kier alpha value is -2.71. The molecule has 1 aliphatic rings. The van der Waals surface area contributed by atoms with Crippen LogP contribution in [0.25, 0.3) is 11.0 Å². The molecule has 29 heavy (non-hydrogen) atoms. The van der Waals surface area contributed by atoms with Gasteiger partial charge in [-0.3, -0.25) is 0 Å². The van der Waals surface area contributed by atoms with E-state index in [0.717, 1.165) is 27.8 Å². The van der Waals surface area contributed by atoms with Gasteiger partial charge < -0.3 is 9.15 Å². The van der Waals surface area contributed by atoms with E-state index in [0.29, 0.717) is 16.6 Å². The Morgan fingerprint density at radius 2 is 1.86 bits per heavy atom. The minimum Gasteiger partial charge on any atom is -0.455 e. The first-order valence-corrected chi connectivity index (χ1v) is 11.1. The number of rotatable bonds is 6. The predicted molar refractivity (Wildman–Crippen MR) is 115 cm³/mol. The molecule has 1 fully saturated rings. The maximum Gasteiger partial charge on any atom is 0.374 e. The minimum atomic E-state index is -0.440. The van der Waals surface area contributed by atoms with Gasteiger partial charge in [-0.1, -0.05) is 49.6 Å². The van der Waals surface area contributed by atoms with Crippen molar-refractivity contribution in [3.8, 4) is 6.07 Å². The SMILES string of the molecule is N#Cc1ccc(COC(=O)c2oc3ccccc3c2CSC2CCCCC2)cc1. The van der Waals surface area contributed by atoms with Gasteiger partial charge >= 0.3 is 5.97 Å². The summed E-state index contributed by atoms with van der Waals surface area (Å²) >= 11 is 1.92. The van der Waals surface area contributed by atoms with Crippen LogP contribution in [0.3, 0.4) is 0 Å². The molecule has 1 heterocycles. The molecular weight excluding hydrogens is 382 g/mol. The summed E-state index contributed by atoms with van der Waals surface area (Å²) in [6, 6.07) is 16.9. The number of nitrogens with zero attached hydrogens (tertiary/aromatic N) is 1. The van der Waals surface area contributed by atoms with Crippen molar-refractivity contribution in [1.82, 2.24) is 0 Å². The summed E-state index contributed by atoms with van der Waals surface area (Å²) in [5.74, 6) is 0.621. The van der Waals surface area contributed by atoms with E-state index in [2.05, 4.69) is 6.07 Å². The highest BCUT2D eigenvalue weighted by atomic mass is 32.2. The van der Waals surface area contributed by atoms with Gasteiger partial charge in [0.05, 0.1) is 11.6 Å². The van der Waals surface area contributed by atoms with Crippen molar-refractivity contribution < 1.29 is 13.9 Å². The third kappa shape index (κ3) is 4.65. The van der Waals surface area contributed by atoms with E-state index in [4.69, 9.17) is 14.4 Å². The van der Waals surface area contributed by atoms with Crippen molar-refractivity contribution in [2.45, 2.75) is 49.7 Å². The highest BCUT2D eigenvalue weighted by molar-refractivity contribution is 7.99. The number of para-hydroxylation sites is 1. The van der Waals surface area contributed by atoms with Gasteiger partial charge in [0, 0.05) is 22.0 Å². The molecule has 0 amide bonds. The monoisotopic (exact) mass is 405 g/mol. The molecule has 0 radical (unpaired) electrons.